The molecule has 0 aromatic heterocycles. The van der Waals surface area contributed by atoms with E-state index < -0.39 is 0 Å². The average Bonchev–Trinajstić information content (AvgIpc) is 3.05. The van der Waals surface area contributed by atoms with Crippen LogP contribution in [0.25, 0.3) is 0 Å². The zero-order chi connectivity index (χ0) is 14.4. The molecule has 2 fully saturated rings. The van der Waals surface area contributed by atoms with Crippen LogP contribution in [0.2, 0.25) is 10.0 Å². The summed E-state index contributed by atoms with van der Waals surface area (Å²) >= 11 is 12.0. The average molecular weight is 318 g/mol. The molecule has 0 bridgehead atoms. The van der Waals surface area contributed by atoms with Crippen LogP contribution in [0.1, 0.15) is 17.5 Å². The third kappa shape index (κ3) is 2.48. The molecule has 0 spiro atoms. The van der Waals surface area contributed by atoms with Crippen LogP contribution >= 0.6 is 23.2 Å². The number of hydrogen-bond acceptors (Lipinski definition) is 1. The number of benzene rings is 2. The Morgan fingerprint density at radius 3 is 2.24 bits per heavy atom. The van der Waals surface area contributed by atoms with E-state index in [2.05, 4.69) is 29.2 Å². The summed E-state index contributed by atoms with van der Waals surface area (Å²) in [5.41, 5.74) is 3.18. The highest BCUT2D eigenvalue weighted by Crippen LogP contribution is 2.59. The summed E-state index contributed by atoms with van der Waals surface area (Å²) in [6.45, 7) is 3.37. The minimum atomic E-state index is 0.386. The lowest BCUT2D eigenvalue weighted by Crippen LogP contribution is -2.26. The first-order valence-corrected chi connectivity index (χ1v) is 8.14. The van der Waals surface area contributed by atoms with Gasteiger partial charge >= 0.3 is 0 Å². The molecule has 2 aliphatic rings. The predicted molar refractivity (Wildman–Crippen MR) is 88.0 cm³/mol. The van der Waals surface area contributed by atoms with Crippen LogP contribution in [0.5, 0.6) is 0 Å². The molecule has 0 amide bonds. The number of nitrogens with zero attached hydrogens (tertiary/aromatic N) is 1. The number of fused-ring (bicyclic) bond motifs is 1. The monoisotopic (exact) mass is 317 g/mol. The van der Waals surface area contributed by atoms with Gasteiger partial charge in [0.1, 0.15) is 0 Å². The molecule has 1 nitrogen and oxygen atoms in total. The maximum absolute atomic E-state index is 6.00. The molecule has 2 aromatic rings. The summed E-state index contributed by atoms with van der Waals surface area (Å²) in [4.78, 5) is 2.56. The minimum Gasteiger partial charge on any atom is -0.298 e. The maximum Gasteiger partial charge on any atom is 0.0406 e. The van der Waals surface area contributed by atoms with Gasteiger partial charge in [-0.3, -0.25) is 4.90 Å². The Morgan fingerprint density at radius 2 is 1.57 bits per heavy atom. The standard InChI is InChI=1S/C18H17Cl2N/c19-16-5-1-13(2-6-16)10-21-11-15-9-18(15,12-21)14-3-7-17(20)8-4-14/h1-8,15H,9-12H2. The Labute approximate surface area is 135 Å². The molecule has 0 N–H and O–H groups in total. The predicted octanol–water partition coefficient (Wildman–Crippen LogP) is 4.77. The fourth-order valence-electron chi connectivity index (χ4n) is 3.78. The fraction of sp³-hybridized carbons (Fsp3) is 0.333. The van der Waals surface area contributed by atoms with Crippen molar-refractivity contribution in [3.05, 3.63) is 69.7 Å². The van der Waals surface area contributed by atoms with Crippen LogP contribution in [0.4, 0.5) is 0 Å². The van der Waals surface area contributed by atoms with E-state index in [0.717, 1.165) is 29.1 Å². The summed E-state index contributed by atoms with van der Waals surface area (Å²) in [7, 11) is 0. The first kappa shape index (κ1) is 13.6. The summed E-state index contributed by atoms with van der Waals surface area (Å²) in [6.07, 6.45) is 1.33. The topological polar surface area (TPSA) is 3.24 Å². The summed E-state index contributed by atoms with van der Waals surface area (Å²) in [6, 6.07) is 16.6. The number of piperidine rings is 1. The first-order chi connectivity index (χ1) is 10.2. The Hall–Kier alpha value is -1.02. The highest BCUT2D eigenvalue weighted by molar-refractivity contribution is 6.30. The van der Waals surface area contributed by atoms with E-state index in [1.807, 2.05) is 24.3 Å². The van der Waals surface area contributed by atoms with Crippen LogP contribution in [0.15, 0.2) is 48.5 Å². The second-order valence-electron chi connectivity index (χ2n) is 6.36. The van der Waals surface area contributed by atoms with Gasteiger partial charge in [-0.1, -0.05) is 47.5 Å². The summed E-state index contributed by atoms with van der Waals surface area (Å²) in [5.74, 6) is 0.811. The van der Waals surface area contributed by atoms with Crippen LogP contribution in [-0.2, 0) is 12.0 Å². The molecule has 108 valence electrons. The van der Waals surface area contributed by atoms with E-state index in [1.165, 1.54) is 24.1 Å². The molecule has 1 aliphatic heterocycles. The molecular weight excluding hydrogens is 301 g/mol. The molecule has 2 aromatic carbocycles. The molecule has 21 heavy (non-hydrogen) atoms. The van der Waals surface area contributed by atoms with Gasteiger partial charge in [0.25, 0.3) is 0 Å². The smallest absolute Gasteiger partial charge is 0.0406 e. The van der Waals surface area contributed by atoms with Crippen molar-refractivity contribution >= 4 is 23.2 Å². The largest absolute Gasteiger partial charge is 0.298 e. The lowest BCUT2D eigenvalue weighted by molar-refractivity contribution is 0.290. The summed E-state index contributed by atoms with van der Waals surface area (Å²) in [5, 5.41) is 1.63. The molecule has 2 atom stereocenters. The van der Waals surface area contributed by atoms with Crippen molar-refractivity contribution in [1.82, 2.24) is 4.90 Å². The van der Waals surface area contributed by atoms with Crippen molar-refractivity contribution in [2.45, 2.75) is 18.4 Å². The molecule has 1 aliphatic carbocycles. The Balaban J connectivity index is 1.48. The van der Waals surface area contributed by atoms with Gasteiger partial charge in [0.15, 0.2) is 0 Å². The first-order valence-electron chi connectivity index (χ1n) is 7.39. The number of halogens is 2. The van der Waals surface area contributed by atoms with Crippen molar-refractivity contribution in [2.24, 2.45) is 5.92 Å². The highest BCUT2D eigenvalue weighted by atomic mass is 35.5. The number of rotatable bonds is 3. The van der Waals surface area contributed by atoms with Gasteiger partial charge in [-0.25, -0.2) is 0 Å². The molecular formula is C18H17Cl2N. The second kappa shape index (κ2) is 5.01. The molecule has 1 saturated heterocycles. The van der Waals surface area contributed by atoms with Crippen molar-refractivity contribution in [3.8, 4) is 0 Å². The lowest BCUT2D eigenvalue weighted by Gasteiger charge is -2.21. The van der Waals surface area contributed by atoms with Gasteiger partial charge in [-0.05, 0) is 47.7 Å². The van der Waals surface area contributed by atoms with E-state index >= 15 is 0 Å². The number of likely N-dealkylation sites (tertiary alicyclic amines) is 1. The SMILES string of the molecule is Clc1ccc(CN2CC3CC3(c3ccc(Cl)cc3)C2)cc1. The molecule has 1 saturated carbocycles. The van der Waals surface area contributed by atoms with Gasteiger partial charge < -0.3 is 0 Å². The van der Waals surface area contributed by atoms with Gasteiger partial charge in [-0.2, -0.15) is 0 Å². The maximum atomic E-state index is 6.00. The van der Waals surface area contributed by atoms with E-state index in [4.69, 9.17) is 23.2 Å². The van der Waals surface area contributed by atoms with Crippen LogP contribution in [-0.4, -0.2) is 18.0 Å². The fourth-order valence-corrected chi connectivity index (χ4v) is 4.04. The molecule has 4 rings (SSSR count). The van der Waals surface area contributed by atoms with Crippen molar-refractivity contribution in [3.63, 3.8) is 0 Å². The minimum absolute atomic E-state index is 0.386. The zero-order valence-electron chi connectivity index (χ0n) is 11.7. The van der Waals surface area contributed by atoms with E-state index in [1.54, 1.807) is 0 Å². The van der Waals surface area contributed by atoms with E-state index in [0.29, 0.717) is 5.41 Å². The lowest BCUT2D eigenvalue weighted by atomic mass is 9.95. The van der Waals surface area contributed by atoms with Gasteiger partial charge in [0, 0.05) is 35.1 Å². The van der Waals surface area contributed by atoms with Crippen molar-refractivity contribution in [1.29, 1.82) is 0 Å². The third-order valence-electron chi connectivity index (χ3n) is 4.95. The van der Waals surface area contributed by atoms with Crippen LogP contribution in [0.3, 0.4) is 0 Å². The van der Waals surface area contributed by atoms with Gasteiger partial charge in [0.2, 0.25) is 0 Å². The third-order valence-corrected chi connectivity index (χ3v) is 5.46. The van der Waals surface area contributed by atoms with E-state index in [-0.39, 0.29) is 0 Å². The van der Waals surface area contributed by atoms with Crippen LogP contribution in [0, 0.1) is 5.92 Å². The van der Waals surface area contributed by atoms with Crippen molar-refractivity contribution < 1.29 is 0 Å². The second-order valence-corrected chi connectivity index (χ2v) is 7.23. The summed E-state index contributed by atoms with van der Waals surface area (Å²) < 4.78 is 0. The molecule has 1 heterocycles. The zero-order valence-corrected chi connectivity index (χ0v) is 13.2. The quantitative estimate of drug-likeness (QED) is 0.788. The van der Waals surface area contributed by atoms with Gasteiger partial charge in [-0.15, -0.1) is 0 Å². The Bertz CT molecular complexity index is 650. The molecule has 0 radical (unpaired) electrons. The Morgan fingerprint density at radius 1 is 0.952 bits per heavy atom. The molecule has 3 heteroatoms. The number of hydrogen-bond donors (Lipinski definition) is 0. The van der Waals surface area contributed by atoms with Crippen molar-refractivity contribution in [2.75, 3.05) is 13.1 Å². The highest BCUT2D eigenvalue weighted by Gasteiger charge is 2.60. The Kier molecular flexibility index (Phi) is 3.25. The van der Waals surface area contributed by atoms with Gasteiger partial charge in [0.05, 0.1) is 0 Å². The van der Waals surface area contributed by atoms with Crippen LogP contribution < -0.4 is 0 Å². The van der Waals surface area contributed by atoms with E-state index in [9.17, 15) is 0 Å². The molecule has 2 unspecified atom stereocenters. The normalized spacial score (nSPS) is 27.6.